The van der Waals surface area contributed by atoms with Crippen LogP contribution in [0.5, 0.6) is 0 Å². The Morgan fingerprint density at radius 2 is 2.00 bits per heavy atom. The maximum Gasteiger partial charge on any atom is 0.310 e. The molecule has 0 saturated heterocycles. The highest BCUT2D eigenvalue weighted by Gasteiger charge is 2.23. The zero-order valence-electron chi connectivity index (χ0n) is 9.61. The van der Waals surface area contributed by atoms with Crippen molar-refractivity contribution in [1.29, 1.82) is 0 Å². The van der Waals surface area contributed by atoms with Gasteiger partial charge in [0, 0.05) is 13.1 Å². The van der Waals surface area contributed by atoms with Gasteiger partial charge in [0.2, 0.25) is 0 Å². The molecule has 0 bridgehead atoms. The summed E-state index contributed by atoms with van der Waals surface area (Å²) in [7, 11) is -3.59. The summed E-state index contributed by atoms with van der Waals surface area (Å²) in [5, 5.41) is 0. The summed E-state index contributed by atoms with van der Waals surface area (Å²) in [6.45, 7) is 4.39. The maximum absolute atomic E-state index is 12.3. The van der Waals surface area contributed by atoms with Gasteiger partial charge in [-0.1, -0.05) is 13.8 Å². The molecule has 0 amide bonds. The largest absolute Gasteiger partial charge is 0.310 e. The number of nitrogens with zero attached hydrogens (tertiary/aromatic N) is 5. The van der Waals surface area contributed by atoms with Crippen molar-refractivity contribution in [3.05, 3.63) is 18.9 Å². The first-order valence-electron chi connectivity index (χ1n) is 5.25. The van der Waals surface area contributed by atoms with Gasteiger partial charge in [0.05, 0.1) is 6.20 Å². The molecule has 0 spiro atoms. The second-order valence-electron chi connectivity index (χ2n) is 3.36. The minimum Gasteiger partial charge on any atom is -0.242 e. The lowest BCUT2D eigenvalue weighted by molar-refractivity contribution is 0.439. The van der Waals surface area contributed by atoms with E-state index in [0.717, 1.165) is 3.97 Å². The van der Waals surface area contributed by atoms with E-state index >= 15 is 0 Å². The van der Waals surface area contributed by atoms with E-state index in [2.05, 4.69) is 15.0 Å². The summed E-state index contributed by atoms with van der Waals surface area (Å²) in [5.41, 5.74) is 0.759. The smallest absolute Gasteiger partial charge is 0.242 e. The zero-order valence-corrected chi connectivity index (χ0v) is 10.4. The second kappa shape index (κ2) is 4.38. The van der Waals surface area contributed by atoms with Gasteiger partial charge in [0.15, 0.2) is 5.65 Å². The van der Waals surface area contributed by atoms with Crippen molar-refractivity contribution in [1.82, 2.24) is 23.2 Å². The third-order valence-corrected chi connectivity index (χ3v) is 4.40. The fraction of sp³-hybridized carbons (Fsp3) is 0.444. The van der Waals surface area contributed by atoms with Gasteiger partial charge in [0.1, 0.15) is 18.2 Å². The lowest BCUT2D eigenvalue weighted by atomic mass is 10.6. The molecule has 0 atom stereocenters. The summed E-state index contributed by atoms with van der Waals surface area (Å²) < 4.78 is 26.9. The minimum atomic E-state index is -3.59. The average molecular weight is 255 g/mol. The van der Waals surface area contributed by atoms with Gasteiger partial charge in [-0.25, -0.2) is 15.0 Å². The molecule has 0 aliphatic carbocycles. The summed E-state index contributed by atoms with van der Waals surface area (Å²) in [6, 6.07) is 0. The van der Waals surface area contributed by atoms with E-state index in [9.17, 15) is 8.42 Å². The first-order chi connectivity index (χ1) is 8.11. The normalized spacial score (nSPS) is 12.4. The van der Waals surface area contributed by atoms with Crippen molar-refractivity contribution >= 4 is 21.4 Å². The van der Waals surface area contributed by atoms with E-state index in [0.29, 0.717) is 24.3 Å². The Kier molecular flexibility index (Phi) is 3.07. The third kappa shape index (κ3) is 1.89. The zero-order chi connectivity index (χ0) is 12.5. The van der Waals surface area contributed by atoms with Crippen LogP contribution in [0, 0.1) is 0 Å². The molecule has 0 aliphatic rings. The molecule has 0 unspecified atom stereocenters. The van der Waals surface area contributed by atoms with Crippen molar-refractivity contribution in [2.75, 3.05) is 13.1 Å². The molecule has 0 aliphatic heterocycles. The average Bonchev–Trinajstić information content (AvgIpc) is 2.74. The van der Waals surface area contributed by atoms with Crippen LogP contribution in [0.4, 0.5) is 0 Å². The van der Waals surface area contributed by atoms with Crippen LogP contribution in [0.3, 0.4) is 0 Å². The highest BCUT2D eigenvalue weighted by Crippen LogP contribution is 2.13. The van der Waals surface area contributed by atoms with Crippen LogP contribution < -0.4 is 0 Å². The molecule has 0 fully saturated rings. The molecule has 2 rings (SSSR count). The summed E-state index contributed by atoms with van der Waals surface area (Å²) in [4.78, 5) is 11.7. The highest BCUT2D eigenvalue weighted by atomic mass is 32.2. The van der Waals surface area contributed by atoms with Crippen LogP contribution in [-0.2, 0) is 10.2 Å². The third-order valence-electron chi connectivity index (χ3n) is 2.46. The van der Waals surface area contributed by atoms with E-state index in [1.54, 1.807) is 13.8 Å². The predicted molar refractivity (Wildman–Crippen MR) is 62.6 cm³/mol. The molecule has 0 aromatic carbocycles. The Morgan fingerprint density at radius 1 is 1.29 bits per heavy atom. The van der Waals surface area contributed by atoms with E-state index in [1.807, 2.05) is 0 Å². The summed E-state index contributed by atoms with van der Waals surface area (Å²) in [6.07, 6.45) is 4.04. The van der Waals surface area contributed by atoms with Crippen LogP contribution in [0.25, 0.3) is 11.2 Å². The first-order valence-corrected chi connectivity index (χ1v) is 6.64. The molecule has 0 saturated carbocycles. The lowest BCUT2D eigenvalue weighted by Crippen LogP contribution is -2.35. The van der Waals surface area contributed by atoms with Crippen molar-refractivity contribution < 1.29 is 8.42 Å². The van der Waals surface area contributed by atoms with Gasteiger partial charge < -0.3 is 0 Å². The van der Waals surface area contributed by atoms with Gasteiger partial charge >= 0.3 is 10.2 Å². The Labute approximate surface area is 99.3 Å². The molecule has 92 valence electrons. The number of rotatable bonds is 4. The fourth-order valence-electron chi connectivity index (χ4n) is 1.59. The maximum atomic E-state index is 12.3. The molecule has 2 aromatic rings. The van der Waals surface area contributed by atoms with Gasteiger partial charge in [0.25, 0.3) is 0 Å². The first kappa shape index (κ1) is 11.9. The molecular weight excluding hydrogens is 242 g/mol. The molecule has 0 N–H and O–H groups in total. The Morgan fingerprint density at radius 3 is 2.65 bits per heavy atom. The Balaban J connectivity index is 2.60. The molecule has 17 heavy (non-hydrogen) atoms. The van der Waals surface area contributed by atoms with E-state index < -0.39 is 10.2 Å². The van der Waals surface area contributed by atoms with Crippen molar-refractivity contribution in [3.8, 4) is 0 Å². The van der Waals surface area contributed by atoms with Gasteiger partial charge in [-0.2, -0.15) is 16.7 Å². The second-order valence-corrected chi connectivity index (χ2v) is 5.17. The molecule has 0 radical (unpaired) electrons. The van der Waals surface area contributed by atoms with Crippen LogP contribution in [-0.4, -0.2) is 44.7 Å². The highest BCUT2D eigenvalue weighted by molar-refractivity contribution is 7.87. The standard InChI is InChI=1S/C9H13N5O2S/c1-3-13(4-2)17(15,16)14-7-12-8-5-10-6-11-9(8)14/h5-7H,3-4H2,1-2H3. The van der Waals surface area contributed by atoms with Crippen LogP contribution in [0.2, 0.25) is 0 Å². The summed E-state index contributed by atoms with van der Waals surface area (Å²) >= 11 is 0. The summed E-state index contributed by atoms with van der Waals surface area (Å²) in [5.74, 6) is 0. The molecule has 7 nitrogen and oxygen atoms in total. The van der Waals surface area contributed by atoms with Crippen LogP contribution in [0.15, 0.2) is 18.9 Å². The van der Waals surface area contributed by atoms with E-state index in [1.165, 1.54) is 23.2 Å². The Bertz CT molecular complexity index is 617. The molecule has 2 aromatic heterocycles. The number of aromatic nitrogens is 4. The minimum absolute atomic E-state index is 0.298. The lowest BCUT2D eigenvalue weighted by Gasteiger charge is -2.18. The van der Waals surface area contributed by atoms with Crippen LogP contribution in [0.1, 0.15) is 13.8 Å². The van der Waals surface area contributed by atoms with Crippen molar-refractivity contribution in [3.63, 3.8) is 0 Å². The number of imidazole rings is 1. The number of hydrogen-bond donors (Lipinski definition) is 0. The molecule has 8 heteroatoms. The topological polar surface area (TPSA) is 81.0 Å². The number of hydrogen-bond acceptors (Lipinski definition) is 5. The fourth-order valence-corrected chi connectivity index (χ4v) is 3.02. The number of fused-ring (bicyclic) bond motifs is 1. The van der Waals surface area contributed by atoms with Crippen molar-refractivity contribution in [2.24, 2.45) is 0 Å². The van der Waals surface area contributed by atoms with Gasteiger partial charge in [-0.15, -0.1) is 0 Å². The molecule has 2 heterocycles. The van der Waals surface area contributed by atoms with Gasteiger partial charge in [-0.05, 0) is 0 Å². The Hall–Kier alpha value is -1.54. The van der Waals surface area contributed by atoms with Crippen LogP contribution >= 0.6 is 0 Å². The van der Waals surface area contributed by atoms with E-state index in [4.69, 9.17) is 0 Å². The SMILES string of the molecule is CCN(CC)S(=O)(=O)n1cnc2cncnc21. The monoisotopic (exact) mass is 255 g/mol. The quantitative estimate of drug-likeness (QED) is 0.782. The predicted octanol–water partition coefficient (Wildman–Crippen LogP) is 0.261. The van der Waals surface area contributed by atoms with E-state index in [-0.39, 0.29) is 0 Å². The molecular formula is C9H13N5O2S. The van der Waals surface area contributed by atoms with Crippen molar-refractivity contribution in [2.45, 2.75) is 13.8 Å². The van der Waals surface area contributed by atoms with Gasteiger partial charge in [-0.3, -0.25) is 0 Å².